The van der Waals surface area contributed by atoms with Gasteiger partial charge in [-0.2, -0.15) is 4.31 Å². The van der Waals surface area contributed by atoms with Crippen LogP contribution in [-0.4, -0.2) is 30.2 Å². The third kappa shape index (κ3) is 2.94. The summed E-state index contributed by atoms with van der Waals surface area (Å²) in [6, 6.07) is 3.48. The van der Waals surface area contributed by atoms with Crippen LogP contribution in [0.25, 0.3) is 0 Å². The molecule has 1 fully saturated rings. The number of hydrogen-bond donors (Lipinski definition) is 0. The van der Waals surface area contributed by atoms with Crippen molar-refractivity contribution in [3.63, 3.8) is 0 Å². The van der Waals surface area contributed by atoms with Crippen LogP contribution >= 0.6 is 11.6 Å². The highest BCUT2D eigenvalue weighted by Crippen LogP contribution is 2.35. The normalized spacial score (nSPS) is 15.6. The van der Waals surface area contributed by atoms with Crippen molar-refractivity contribution in [3.05, 3.63) is 33.3 Å². The van der Waals surface area contributed by atoms with Crippen LogP contribution in [0, 0.1) is 10.1 Å². The monoisotopic (exact) mass is 318 g/mol. The second-order valence-electron chi connectivity index (χ2n) is 4.72. The zero-order valence-corrected chi connectivity index (χ0v) is 12.5. The van der Waals surface area contributed by atoms with E-state index in [0.717, 1.165) is 18.9 Å². The number of hydrogen-bond acceptors (Lipinski definition) is 4. The first-order chi connectivity index (χ1) is 9.37. The molecule has 1 aromatic rings. The first-order valence-electron chi connectivity index (χ1n) is 6.33. The smallest absolute Gasteiger partial charge is 0.258 e. The van der Waals surface area contributed by atoms with Gasteiger partial charge in [0.15, 0.2) is 0 Å². The van der Waals surface area contributed by atoms with Crippen molar-refractivity contribution in [2.24, 2.45) is 0 Å². The molecule has 0 N–H and O–H groups in total. The summed E-state index contributed by atoms with van der Waals surface area (Å²) >= 11 is 5.93. The maximum Gasteiger partial charge on any atom is 0.270 e. The Labute approximate surface area is 122 Å². The Kier molecular flexibility index (Phi) is 4.31. The molecule has 1 aromatic carbocycles. The van der Waals surface area contributed by atoms with Gasteiger partial charge < -0.3 is 0 Å². The molecular weight excluding hydrogens is 304 g/mol. The Balaban J connectivity index is 2.47. The average molecular weight is 319 g/mol. The van der Waals surface area contributed by atoms with E-state index in [2.05, 4.69) is 0 Å². The first-order valence-corrected chi connectivity index (χ1v) is 8.15. The number of nitro groups is 1. The third-order valence-corrected chi connectivity index (χ3v) is 5.54. The minimum absolute atomic E-state index is 0.00437. The van der Waals surface area contributed by atoms with Gasteiger partial charge in [0.2, 0.25) is 10.0 Å². The lowest BCUT2D eigenvalue weighted by molar-refractivity contribution is -0.385. The van der Waals surface area contributed by atoms with Gasteiger partial charge in [-0.15, -0.1) is 0 Å². The van der Waals surface area contributed by atoms with Gasteiger partial charge in [0.25, 0.3) is 5.69 Å². The van der Waals surface area contributed by atoms with Gasteiger partial charge in [0.05, 0.1) is 9.95 Å². The molecule has 0 radical (unpaired) electrons. The molecule has 0 aromatic heterocycles. The summed E-state index contributed by atoms with van der Waals surface area (Å²) in [4.78, 5) is 9.97. The van der Waals surface area contributed by atoms with Gasteiger partial charge in [-0.3, -0.25) is 10.1 Å². The topological polar surface area (TPSA) is 80.5 Å². The van der Waals surface area contributed by atoms with Crippen LogP contribution in [0.5, 0.6) is 0 Å². The molecule has 1 aliphatic rings. The number of benzene rings is 1. The van der Waals surface area contributed by atoms with E-state index in [4.69, 9.17) is 11.6 Å². The molecular formula is C12H15ClN2O4S. The largest absolute Gasteiger partial charge is 0.270 e. The van der Waals surface area contributed by atoms with Gasteiger partial charge in [-0.05, 0) is 25.3 Å². The number of nitrogens with zero attached hydrogens (tertiary/aromatic N) is 2. The molecule has 110 valence electrons. The zero-order chi connectivity index (χ0) is 14.9. The molecule has 0 bridgehead atoms. The number of sulfonamides is 1. The minimum Gasteiger partial charge on any atom is -0.258 e. The highest BCUT2D eigenvalue weighted by Gasteiger charge is 2.38. The molecule has 0 heterocycles. The summed E-state index contributed by atoms with van der Waals surface area (Å²) in [7, 11) is -3.79. The molecule has 0 saturated heterocycles. The Morgan fingerprint density at radius 1 is 1.45 bits per heavy atom. The van der Waals surface area contributed by atoms with Crippen molar-refractivity contribution in [2.75, 3.05) is 6.54 Å². The summed E-state index contributed by atoms with van der Waals surface area (Å²) in [5.41, 5.74) is -0.278. The lowest BCUT2D eigenvalue weighted by atomic mass is 10.3. The van der Waals surface area contributed by atoms with E-state index in [1.807, 2.05) is 6.92 Å². The van der Waals surface area contributed by atoms with Crippen LogP contribution in [0.2, 0.25) is 5.02 Å². The van der Waals surface area contributed by atoms with E-state index in [1.54, 1.807) is 0 Å². The molecule has 0 unspecified atom stereocenters. The van der Waals surface area contributed by atoms with Gasteiger partial charge in [-0.1, -0.05) is 18.5 Å². The molecule has 8 heteroatoms. The molecule has 1 saturated carbocycles. The molecule has 6 nitrogen and oxygen atoms in total. The van der Waals surface area contributed by atoms with E-state index in [0.29, 0.717) is 13.0 Å². The van der Waals surface area contributed by atoms with E-state index in [9.17, 15) is 18.5 Å². The summed E-state index contributed by atoms with van der Waals surface area (Å²) in [5.74, 6) is 0. The van der Waals surface area contributed by atoms with Crippen molar-refractivity contribution < 1.29 is 13.3 Å². The maximum atomic E-state index is 12.6. The van der Waals surface area contributed by atoms with Crippen LogP contribution in [0.3, 0.4) is 0 Å². The highest BCUT2D eigenvalue weighted by atomic mass is 35.5. The van der Waals surface area contributed by atoms with E-state index >= 15 is 0 Å². The van der Waals surface area contributed by atoms with Crippen LogP contribution in [0.4, 0.5) is 5.69 Å². The Morgan fingerprint density at radius 2 is 2.10 bits per heavy atom. The molecule has 0 aliphatic heterocycles. The SMILES string of the molecule is CCCN(C1CC1)S(=O)(=O)c1cc([N+](=O)[O-])ccc1Cl. The molecule has 2 rings (SSSR count). The molecule has 0 spiro atoms. The quantitative estimate of drug-likeness (QED) is 0.596. The van der Waals surface area contributed by atoms with Crippen molar-refractivity contribution in [1.29, 1.82) is 0 Å². The number of nitro benzene ring substituents is 1. The van der Waals surface area contributed by atoms with Gasteiger partial charge >= 0.3 is 0 Å². The number of rotatable bonds is 6. The second kappa shape index (κ2) is 5.67. The van der Waals surface area contributed by atoms with E-state index in [1.165, 1.54) is 16.4 Å². The Morgan fingerprint density at radius 3 is 2.60 bits per heavy atom. The lowest BCUT2D eigenvalue weighted by Gasteiger charge is -2.21. The maximum absolute atomic E-state index is 12.6. The van der Waals surface area contributed by atoms with Gasteiger partial charge in [0, 0.05) is 24.7 Å². The highest BCUT2D eigenvalue weighted by molar-refractivity contribution is 7.89. The fourth-order valence-electron chi connectivity index (χ4n) is 2.01. The van der Waals surface area contributed by atoms with Crippen molar-refractivity contribution in [2.45, 2.75) is 37.1 Å². The average Bonchev–Trinajstić information content (AvgIpc) is 3.19. The summed E-state index contributed by atoms with van der Waals surface area (Å²) < 4.78 is 26.6. The van der Waals surface area contributed by atoms with Crippen LogP contribution in [0.15, 0.2) is 23.1 Å². The second-order valence-corrected chi connectivity index (χ2v) is 6.98. The predicted molar refractivity (Wildman–Crippen MR) is 75.3 cm³/mol. The summed E-state index contributed by atoms with van der Waals surface area (Å²) in [6.45, 7) is 2.28. The summed E-state index contributed by atoms with van der Waals surface area (Å²) in [6.07, 6.45) is 2.33. The first kappa shape index (κ1) is 15.2. The van der Waals surface area contributed by atoms with Gasteiger partial charge in [-0.25, -0.2) is 8.42 Å². The number of non-ortho nitro benzene ring substituents is 1. The fraction of sp³-hybridized carbons (Fsp3) is 0.500. The number of halogens is 1. The lowest BCUT2D eigenvalue weighted by Crippen LogP contribution is -2.34. The third-order valence-electron chi connectivity index (χ3n) is 3.11. The molecule has 0 atom stereocenters. The Hall–Kier alpha value is -1.18. The van der Waals surface area contributed by atoms with Crippen molar-refractivity contribution in [3.8, 4) is 0 Å². The van der Waals surface area contributed by atoms with Crippen molar-refractivity contribution >= 4 is 27.3 Å². The standard InChI is InChI=1S/C12H15ClN2O4S/c1-2-7-14(9-3-4-9)20(18,19)12-8-10(15(16)17)5-6-11(12)13/h5-6,8-9H,2-4,7H2,1H3. The van der Waals surface area contributed by atoms with Crippen LogP contribution < -0.4 is 0 Å². The fourth-order valence-corrected chi connectivity index (χ4v) is 4.28. The van der Waals surface area contributed by atoms with Crippen molar-refractivity contribution in [1.82, 2.24) is 4.31 Å². The minimum atomic E-state index is -3.79. The van der Waals surface area contributed by atoms with Crippen LogP contribution in [-0.2, 0) is 10.0 Å². The van der Waals surface area contributed by atoms with Crippen LogP contribution in [0.1, 0.15) is 26.2 Å². The molecule has 0 amide bonds. The molecule has 1 aliphatic carbocycles. The summed E-state index contributed by atoms with van der Waals surface area (Å²) in [5, 5.41) is 10.8. The van der Waals surface area contributed by atoms with E-state index < -0.39 is 14.9 Å². The Bertz CT molecular complexity index is 628. The zero-order valence-electron chi connectivity index (χ0n) is 11.0. The van der Waals surface area contributed by atoms with Gasteiger partial charge in [0.1, 0.15) is 4.90 Å². The molecule has 20 heavy (non-hydrogen) atoms. The van der Waals surface area contributed by atoms with E-state index in [-0.39, 0.29) is 21.6 Å². The predicted octanol–water partition coefficient (Wildman–Crippen LogP) is 2.81.